The Labute approximate surface area is 127 Å². The first-order valence-corrected chi connectivity index (χ1v) is 7.97. The molecule has 0 heterocycles. The van der Waals surface area contributed by atoms with Gasteiger partial charge in [-0.1, -0.05) is 19.3 Å². The molecule has 20 heavy (non-hydrogen) atoms. The van der Waals surface area contributed by atoms with E-state index in [1.165, 1.54) is 32.1 Å². The third-order valence-electron chi connectivity index (χ3n) is 3.67. The molecule has 0 aliphatic heterocycles. The van der Waals surface area contributed by atoms with E-state index in [0.717, 1.165) is 32.3 Å². The quantitative estimate of drug-likeness (QED) is 0.667. The lowest BCUT2D eigenvalue weighted by Gasteiger charge is -2.27. The van der Waals surface area contributed by atoms with E-state index in [-0.39, 0.29) is 0 Å². The standard InChI is InChI=1S/C8H20N2O.C8H17N/c1-9(2)5-7-11-8-6-10(3)4;1-9(2)8-6-4-3-5-7-8/h5-8H2,1-4H3;8H,3-7H2,1-2H3. The number of likely N-dealkylation sites (N-methyl/N-ethyl adjacent to an activating group) is 2. The van der Waals surface area contributed by atoms with Crippen LogP contribution in [-0.4, -0.2) is 89.3 Å². The molecule has 0 atom stereocenters. The molecule has 4 heteroatoms. The number of hydrogen-bond donors (Lipinski definition) is 0. The van der Waals surface area contributed by atoms with E-state index < -0.39 is 0 Å². The average Bonchev–Trinajstić information content (AvgIpc) is 2.39. The van der Waals surface area contributed by atoms with E-state index in [4.69, 9.17) is 4.74 Å². The fraction of sp³-hybridized carbons (Fsp3) is 1.00. The fourth-order valence-electron chi connectivity index (χ4n) is 2.19. The topological polar surface area (TPSA) is 19.0 Å². The highest BCUT2D eigenvalue weighted by Gasteiger charge is 2.13. The van der Waals surface area contributed by atoms with Gasteiger partial charge in [-0.15, -0.1) is 0 Å². The maximum atomic E-state index is 5.37. The van der Waals surface area contributed by atoms with Gasteiger partial charge >= 0.3 is 0 Å². The number of ether oxygens (including phenoxy) is 1. The monoisotopic (exact) mass is 287 g/mol. The predicted octanol–water partition coefficient (Wildman–Crippen LogP) is 2.01. The van der Waals surface area contributed by atoms with Crippen molar-refractivity contribution in [2.45, 2.75) is 38.1 Å². The van der Waals surface area contributed by atoms with Gasteiger partial charge in [0.05, 0.1) is 13.2 Å². The van der Waals surface area contributed by atoms with Crippen LogP contribution in [0.1, 0.15) is 32.1 Å². The third kappa shape index (κ3) is 12.9. The molecule has 1 rings (SSSR count). The second-order valence-corrected chi connectivity index (χ2v) is 6.47. The van der Waals surface area contributed by atoms with Crippen molar-refractivity contribution in [1.29, 1.82) is 0 Å². The van der Waals surface area contributed by atoms with Crippen LogP contribution in [0.4, 0.5) is 0 Å². The molecule has 0 unspecified atom stereocenters. The molecule has 1 saturated carbocycles. The molecule has 0 N–H and O–H groups in total. The smallest absolute Gasteiger partial charge is 0.0593 e. The van der Waals surface area contributed by atoms with Crippen molar-refractivity contribution in [3.8, 4) is 0 Å². The first-order valence-electron chi connectivity index (χ1n) is 7.97. The summed E-state index contributed by atoms with van der Waals surface area (Å²) in [6, 6.07) is 0.888. The van der Waals surface area contributed by atoms with Crippen LogP contribution in [0, 0.1) is 0 Å². The van der Waals surface area contributed by atoms with Gasteiger partial charge in [0.15, 0.2) is 0 Å². The summed E-state index contributed by atoms with van der Waals surface area (Å²) in [6.07, 6.45) is 7.20. The number of nitrogens with zero attached hydrogens (tertiary/aromatic N) is 3. The third-order valence-corrected chi connectivity index (χ3v) is 3.67. The molecular formula is C16H37N3O. The zero-order valence-electron chi connectivity index (χ0n) is 14.7. The lowest BCUT2D eigenvalue weighted by Crippen LogP contribution is -2.29. The molecule has 0 radical (unpaired) electrons. The Morgan fingerprint density at radius 3 is 1.50 bits per heavy atom. The minimum Gasteiger partial charge on any atom is -0.379 e. The Kier molecular flexibility index (Phi) is 12.5. The molecule has 4 nitrogen and oxygen atoms in total. The second kappa shape index (κ2) is 12.6. The Hall–Kier alpha value is -0.160. The maximum absolute atomic E-state index is 5.37. The molecule has 122 valence electrons. The maximum Gasteiger partial charge on any atom is 0.0593 e. The molecule has 1 fully saturated rings. The minimum absolute atomic E-state index is 0.834. The van der Waals surface area contributed by atoms with Gasteiger partial charge in [-0.2, -0.15) is 0 Å². The van der Waals surface area contributed by atoms with Gasteiger partial charge in [0.1, 0.15) is 0 Å². The molecule has 0 bridgehead atoms. The highest BCUT2D eigenvalue weighted by Crippen LogP contribution is 2.20. The van der Waals surface area contributed by atoms with Gasteiger partial charge in [0.25, 0.3) is 0 Å². The van der Waals surface area contributed by atoms with Gasteiger partial charge in [-0.25, -0.2) is 0 Å². The lowest BCUT2D eigenvalue weighted by molar-refractivity contribution is 0.104. The first kappa shape index (κ1) is 19.8. The normalized spacial score (nSPS) is 16.6. The fourth-order valence-corrected chi connectivity index (χ4v) is 2.19. The van der Waals surface area contributed by atoms with Crippen LogP contribution in [0.5, 0.6) is 0 Å². The second-order valence-electron chi connectivity index (χ2n) is 6.47. The Morgan fingerprint density at radius 2 is 1.20 bits per heavy atom. The molecule has 0 aromatic carbocycles. The summed E-state index contributed by atoms with van der Waals surface area (Å²) in [5.41, 5.74) is 0. The van der Waals surface area contributed by atoms with Crippen molar-refractivity contribution in [1.82, 2.24) is 14.7 Å². The van der Waals surface area contributed by atoms with Gasteiger partial charge in [0, 0.05) is 19.1 Å². The van der Waals surface area contributed by atoms with E-state index in [9.17, 15) is 0 Å². The molecule has 0 aromatic rings. The van der Waals surface area contributed by atoms with Crippen molar-refractivity contribution in [3.63, 3.8) is 0 Å². The molecule has 0 saturated heterocycles. The van der Waals surface area contributed by atoms with Crippen LogP contribution in [0.25, 0.3) is 0 Å². The summed E-state index contributed by atoms with van der Waals surface area (Å²) in [6.45, 7) is 3.68. The zero-order valence-corrected chi connectivity index (χ0v) is 14.7. The molecule has 1 aliphatic carbocycles. The number of hydrogen-bond acceptors (Lipinski definition) is 4. The molecule has 0 amide bonds. The first-order chi connectivity index (χ1) is 9.43. The van der Waals surface area contributed by atoms with Crippen LogP contribution in [0.2, 0.25) is 0 Å². The summed E-state index contributed by atoms with van der Waals surface area (Å²) in [4.78, 5) is 6.60. The van der Waals surface area contributed by atoms with E-state index in [1.54, 1.807) is 0 Å². The molecule has 1 aliphatic rings. The van der Waals surface area contributed by atoms with Crippen molar-refractivity contribution < 1.29 is 4.74 Å². The van der Waals surface area contributed by atoms with E-state index >= 15 is 0 Å². The summed E-state index contributed by atoms with van der Waals surface area (Å²) < 4.78 is 5.37. The Morgan fingerprint density at radius 1 is 0.750 bits per heavy atom. The highest BCUT2D eigenvalue weighted by molar-refractivity contribution is 4.70. The van der Waals surface area contributed by atoms with Crippen LogP contribution in [0.3, 0.4) is 0 Å². The SMILES string of the molecule is CN(C)C1CCCCC1.CN(C)CCOCCN(C)C. The van der Waals surface area contributed by atoms with E-state index in [0.29, 0.717) is 0 Å². The summed E-state index contributed by atoms with van der Waals surface area (Å²) >= 11 is 0. The van der Waals surface area contributed by atoms with Crippen molar-refractivity contribution in [2.75, 3.05) is 68.6 Å². The Bertz CT molecular complexity index is 192. The van der Waals surface area contributed by atoms with Crippen LogP contribution < -0.4 is 0 Å². The van der Waals surface area contributed by atoms with Gasteiger partial charge in [-0.05, 0) is 55.1 Å². The summed E-state index contributed by atoms with van der Waals surface area (Å²) in [5, 5.41) is 0. The molecule has 0 aromatic heterocycles. The predicted molar refractivity (Wildman–Crippen MR) is 88.5 cm³/mol. The molecular weight excluding hydrogens is 250 g/mol. The van der Waals surface area contributed by atoms with Crippen molar-refractivity contribution in [3.05, 3.63) is 0 Å². The summed E-state index contributed by atoms with van der Waals surface area (Å²) in [7, 11) is 12.6. The highest BCUT2D eigenvalue weighted by atomic mass is 16.5. The van der Waals surface area contributed by atoms with E-state index in [2.05, 4.69) is 57.0 Å². The average molecular weight is 287 g/mol. The Balaban J connectivity index is 0.000000367. The number of rotatable bonds is 7. The van der Waals surface area contributed by atoms with E-state index in [1.807, 2.05) is 0 Å². The minimum atomic E-state index is 0.834. The van der Waals surface area contributed by atoms with Gasteiger partial charge in [0.2, 0.25) is 0 Å². The van der Waals surface area contributed by atoms with Crippen LogP contribution in [-0.2, 0) is 4.74 Å². The van der Waals surface area contributed by atoms with Crippen molar-refractivity contribution >= 4 is 0 Å². The van der Waals surface area contributed by atoms with Crippen LogP contribution >= 0.6 is 0 Å². The summed E-state index contributed by atoms with van der Waals surface area (Å²) in [5.74, 6) is 0. The van der Waals surface area contributed by atoms with Gasteiger partial charge in [-0.3, -0.25) is 0 Å². The van der Waals surface area contributed by atoms with Crippen molar-refractivity contribution in [2.24, 2.45) is 0 Å². The molecule has 0 spiro atoms. The zero-order chi connectivity index (χ0) is 15.4. The van der Waals surface area contributed by atoms with Gasteiger partial charge < -0.3 is 19.4 Å². The lowest BCUT2D eigenvalue weighted by atomic mass is 9.95. The largest absolute Gasteiger partial charge is 0.379 e. The van der Waals surface area contributed by atoms with Crippen LogP contribution in [0.15, 0.2) is 0 Å².